The Balaban J connectivity index is 1.52. The number of anilines is 1. The summed E-state index contributed by atoms with van der Waals surface area (Å²) in [6.45, 7) is 4.93. The van der Waals surface area contributed by atoms with Crippen molar-refractivity contribution < 1.29 is 9.84 Å². The molecule has 24 heavy (non-hydrogen) atoms. The first kappa shape index (κ1) is 17.3. The van der Waals surface area contributed by atoms with Gasteiger partial charge >= 0.3 is 0 Å². The number of aliphatic imine (C=N–C) groups is 1. The van der Waals surface area contributed by atoms with Crippen molar-refractivity contribution in [3.63, 3.8) is 0 Å². The molecule has 3 N–H and O–H groups in total. The lowest BCUT2D eigenvalue weighted by Crippen LogP contribution is -2.51. The molecule has 0 amide bonds. The van der Waals surface area contributed by atoms with Crippen LogP contribution in [-0.2, 0) is 4.74 Å². The van der Waals surface area contributed by atoms with E-state index in [1.807, 2.05) is 24.3 Å². The molecule has 1 aromatic carbocycles. The molecule has 1 aromatic rings. The lowest BCUT2D eigenvalue weighted by atomic mass is 9.95. The van der Waals surface area contributed by atoms with E-state index >= 15 is 0 Å². The van der Waals surface area contributed by atoms with Crippen LogP contribution in [0.2, 0.25) is 5.02 Å². The number of rotatable bonds is 3. The van der Waals surface area contributed by atoms with E-state index < -0.39 is 5.60 Å². The zero-order valence-corrected chi connectivity index (χ0v) is 14.6. The summed E-state index contributed by atoms with van der Waals surface area (Å²) in [5.74, 6) is 0.519. The van der Waals surface area contributed by atoms with E-state index in [1.54, 1.807) is 0 Å². The van der Waals surface area contributed by atoms with Gasteiger partial charge in [0.25, 0.3) is 0 Å². The van der Waals surface area contributed by atoms with Crippen LogP contribution in [-0.4, -0.2) is 67.5 Å². The highest BCUT2D eigenvalue weighted by Crippen LogP contribution is 2.21. The number of piperazine rings is 1. The average Bonchev–Trinajstić information content (AvgIpc) is 2.61. The summed E-state index contributed by atoms with van der Waals surface area (Å²) in [6, 6.07) is 7.90. The first-order valence-corrected chi connectivity index (χ1v) is 8.79. The van der Waals surface area contributed by atoms with E-state index in [4.69, 9.17) is 22.1 Å². The van der Waals surface area contributed by atoms with Crippen LogP contribution in [0.5, 0.6) is 0 Å². The lowest BCUT2D eigenvalue weighted by Gasteiger charge is -2.37. The van der Waals surface area contributed by atoms with Gasteiger partial charge in [0, 0.05) is 62.9 Å². The molecule has 0 bridgehead atoms. The molecule has 0 spiro atoms. The van der Waals surface area contributed by atoms with E-state index in [2.05, 4.69) is 14.8 Å². The molecule has 0 aromatic heterocycles. The third kappa shape index (κ3) is 4.32. The molecule has 2 fully saturated rings. The van der Waals surface area contributed by atoms with E-state index in [0.717, 1.165) is 31.2 Å². The highest BCUT2D eigenvalue weighted by molar-refractivity contribution is 6.30. The summed E-state index contributed by atoms with van der Waals surface area (Å²) < 4.78 is 5.29. The number of hydrogen-bond donors (Lipinski definition) is 2. The van der Waals surface area contributed by atoms with Crippen LogP contribution in [0.15, 0.2) is 29.3 Å². The van der Waals surface area contributed by atoms with Gasteiger partial charge in [-0.2, -0.15) is 0 Å². The molecule has 6 nitrogen and oxygen atoms in total. The summed E-state index contributed by atoms with van der Waals surface area (Å²) in [7, 11) is 0. The van der Waals surface area contributed by atoms with Crippen LogP contribution in [0.1, 0.15) is 12.8 Å². The Labute approximate surface area is 147 Å². The summed E-state index contributed by atoms with van der Waals surface area (Å²) in [6.07, 6.45) is 1.24. The second-order valence-corrected chi connectivity index (χ2v) is 6.90. The fourth-order valence-electron chi connectivity index (χ4n) is 3.08. The van der Waals surface area contributed by atoms with Crippen molar-refractivity contribution in [2.75, 3.05) is 50.8 Å². The van der Waals surface area contributed by atoms with Crippen molar-refractivity contribution in [1.29, 1.82) is 0 Å². The maximum Gasteiger partial charge on any atom is 0.191 e. The van der Waals surface area contributed by atoms with Gasteiger partial charge in [-0.25, -0.2) is 0 Å². The minimum Gasteiger partial charge on any atom is -0.388 e. The molecule has 2 heterocycles. The van der Waals surface area contributed by atoms with Gasteiger partial charge in [-0.05, 0) is 24.3 Å². The highest BCUT2D eigenvalue weighted by Gasteiger charge is 2.30. The van der Waals surface area contributed by atoms with Crippen molar-refractivity contribution in [1.82, 2.24) is 4.90 Å². The third-order valence-electron chi connectivity index (χ3n) is 4.75. The summed E-state index contributed by atoms with van der Waals surface area (Å²) in [5.41, 5.74) is 6.53. The number of guanidine groups is 1. The minimum absolute atomic E-state index is 0.347. The summed E-state index contributed by atoms with van der Waals surface area (Å²) in [5, 5.41) is 11.2. The summed E-state index contributed by atoms with van der Waals surface area (Å²) >= 11 is 5.94. The molecule has 0 unspecified atom stereocenters. The monoisotopic (exact) mass is 352 g/mol. The first-order chi connectivity index (χ1) is 11.6. The Morgan fingerprint density at radius 2 is 1.79 bits per heavy atom. The molecule has 2 aliphatic rings. The van der Waals surface area contributed by atoms with Gasteiger partial charge < -0.3 is 25.4 Å². The molecule has 132 valence electrons. The van der Waals surface area contributed by atoms with E-state index in [-0.39, 0.29) is 0 Å². The van der Waals surface area contributed by atoms with E-state index in [1.165, 1.54) is 5.69 Å². The van der Waals surface area contributed by atoms with Gasteiger partial charge in [0.15, 0.2) is 5.96 Å². The minimum atomic E-state index is -0.770. The zero-order valence-electron chi connectivity index (χ0n) is 13.8. The maximum atomic E-state index is 10.5. The predicted molar refractivity (Wildman–Crippen MR) is 96.7 cm³/mol. The molecular weight excluding hydrogens is 328 g/mol. The van der Waals surface area contributed by atoms with Crippen molar-refractivity contribution in [3.05, 3.63) is 29.3 Å². The maximum absolute atomic E-state index is 10.5. The Hall–Kier alpha value is -1.50. The number of aliphatic hydroxyl groups is 1. The number of halogens is 1. The molecule has 2 saturated heterocycles. The van der Waals surface area contributed by atoms with Crippen molar-refractivity contribution in [3.8, 4) is 0 Å². The van der Waals surface area contributed by atoms with Crippen LogP contribution in [0.3, 0.4) is 0 Å². The van der Waals surface area contributed by atoms with Gasteiger partial charge in [-0.1, -0.05) is 11.6 Å². The van der Waals surface area contributed by atoms with Crippen LogP contribution in [0, 0.1) is 0 Å². The van der Waals surface area contributed by atoms with E-state index in [0.29, 0.717) is 38.6 Å². The van der Waals surface area contributed by atoms with Crippen molar-refractivity contribution in [2.24, 2.45) is 10.7 Å². The smallest absolute Gasteiger partial charge is 0.191 e. The van der Waals surface area contributed by atoms with Crippen molar-refractivity contribution in [2.45, 2.75) is 18.4 Å². The number of benzene rings is 1. The van der Waals surface area contributed by atoms with Gasteiger partial charge in [0.2, 0.25) is 0 Å². The van der Waals surface area contributed by atoms with Gasteiger partial charge in [0.1, 0.15) is 0 Å². The number of hydrogen-bond acceptors (Lipinski definition) is 4. The van der Waals surface area contributed by atoms with Crippen LogP contribution in [0.25, 0.3) is 0 Å². The molecule has 0 saturated carbocycles. The predicted octanol–water partition coefficient (Wildman–Crippen LogP) is 1.32. The first-order valence-electron chi connectivity index (χ1n) is 8.41. The highest BCUT2D eigenvalue weighted by atomic mass is 35.5. The fraction of sp³-hybridized carbons (Fsp3) is 0.588. The van der Waals surface area contributed by atoms with Crippen LogP contribution in [0.4, 0.5) is 5.69 Å². The number of ether oxygens (including phenoxy) is 1. The van der Waals surface area contributed by atoms with Gasteiger partial charge in [-0.3, -0.25) is 4.99 Å². The molecule has 3 rings (SSSR count). The Bertz CT molecular complexity index is 564. The Morgan fingerprint density at radius 3 is 2.42 bits per heavy atom. The molecular formula is C17H25ClN4O2. The molecule has 0 radical (unpaired) electrons. The second-order valence-electron chi connectivity index (χ2n) is 6.46. The molecule has 7 heteroatoms. The number of nitrogens with two attached hydrogens (primary N) is 1. The zero-order chi connectivity index (χ0) is 17.0. The normalized spacial score (nSPS) is 21.8. The van der Waals surface area contributed by atoms with Crippen LogP contribution < -0.4 is 10.6 Å². The average molecular weight is 353 g/mol. The Morgan fingerprint density at radius 1 is 1.17 bits per heavy atom. The largest absolute Gasteiger partial charge is 0.388 e. The molecule has 2 aliphatic heterocycles. The number of nitrogens with zero attached hydrogens (tertiary/aromatic N) is 3. The van der Waals surface area contributed by atoms with Crippen LogP contribution >= 0.6 is 11.6 Å². The quantitative estimate of drug-likeness (QED) is 0.634. The topological polar surface area (TPSA) is 74.3 Å². The second kappa shape index (κ2) is 7.59. The third-order valence-corrected chi connectivity index (χ3v) is 5.01. The van der Waals surface area contributed by atoms with Gasteiger partial charge in [-0.15, -0.1) is 0 Å². The standard InChI is InChI=1S/C17H25ClN4O2/c18-14-1-3-15(4-2-14)21-7-9-22(10-8-21)16(19)20-13-17(23)5-11-24-12-6-17/h1-4,23H,5-13H2,(H2,19,20). The lowest BCUT2D eigenvalue weighted by molar-refractivity contribution is -0.0566. The Kier molecular flexibility index (Phi) is 5.48. The van der Waals surface area contributed by atoms with Gasteiger partial charge in [0.05, 0.1) is 12.1 Å². The van der Waals surface area contributed by atoms with E-state index in [9.17, 15) is 5.11 Å². The molecule has 0 aliphatic carbocycles. The SMILES string of the molecule is NC(=NCC1(O)CCOCC1)N1CCN(c2ccc(Cl)cc2)CC1. The summed E-state index contributed by atoms with van der Waals surface area (Å²) in [4.78, 5) is 8.82. The molecule has 0 atom stereocenters. The fourth-order valence-corrected chi connectivity index (χ4v) is 3.21. The van der Waals surface area contributed by atoms with Crippen molar-refractivity contribution >= 4 is 23.2 Å².